The molecule has 1 N–H and O–H groups in total. The van der Waals surface area contributed by atoms with Crippen LogP contribution in [0.4, 0.5) is 0 Å². The number of aliphatic carboxylic acids is 1. The number of carboxylic acids is 1. The van der Waals surface area contributed by atoms with Gasteiger partial charge in [-0.25, -0.2) is 0 Å². The maximum Gasteiger partial charge on any atom is 0.304 e. The van der Waals surface area contributed by atoms with Gasteiger partial charge in [-0.3, -0.25) is 9.69 Å². The van der Waals surface area contributed by atoms with E-state index in [2.05, 4.69) is 11.8 Å². The van der Waals surface area contributed by atoms with Gasteiger partial charge in [-0.15, -0.1) is 0 Å². The summed E-state index contributed by atoms with van der Waals surface area (Å²) in [5.41, 5.74) is 0. The average Bonchev–Trinajstić information content (AvgIpc) is 2.82. The third-order valence-corrected chi connectivity index (χ3v) is 2.14. The topological polar surface area (TPSA) is 53.7 Å². The van der Waals surface area contributed by atoms with E-state index in [0.717, 1.165) is 18.7 Å². The average molecular weight is 241 g/mol. The number of carboxylic acid groups (broad SMARTS) is 1. The molecule has 0 spiro atoms. The molecule has 0 aromatic carbocycles. The molecular formula is C13H23NO3. The van der Waals surface area contributed by atoms with Crippen molar-refractivity contribution in [1.29, 1.82) is 0 Å². The Morgan fingerprint density at radius 3 is 2.59 bits per heavy atom. The van der Waals surface area contributed by atoms with Crippen molar-refractivity contribution >= 4 is 5.97 Å². The lowest BCUT2D eigenvalue weighted by Gasteiger charge is -2.19. The predicted molar refractivity (Wildman–Crippen MR) is 67.9 cm³/mol. The van der Waals surface area contributed by atoms with Crippen LogP contribution in [0.15, 0.2) is 22.8 Å². The molecule has 0 aliphatic rings. The number of furan rings is 1. The lowest BCUT2D eigenvalue weighted by atomic mass is 10.3. The number of hydrogen-bond acceptors (Lipinski definition) is 3. The highest BCUT2D eigenvalue weighted by Crippen LogP contribution is 2.06. The molecule has 98 valence electrons. The van der Waals surface area contributed by atoms with Crippen LogP contribution in [0.5, 0.6) is 0 Å². The first kappa shape index (κ1) is 15.7. The zero-order valence-corrected chi connectivity index (χ0v) is 11.0. The molecule has 0 saturated heterocycles. The minimum absolute atomic E-state index is 0.181. The molecule has 0 aliphatic carbocycles. The standard InChI is InChI=1S/C11H17NO3.C2H6/c1-2-6-12(7-5-11(13)14)9-10-4-3-8-15-10;1-2/h3-4,8H,2,5-7,9H2,1H3,(H,13,14);1-2H3. The van der Waals surface area contributed by atoms with Gasteiger partial charge < -0.3 is 9.52 Å². The molecule has 0 amide bonds. The number of nitrogens with zero attached hydrogens (tertiary/aromatic N) is 1. The molecule has 1 heterocycles. The van der Waals surface area contributed by atoms with Gasteiger partial charge in [-0.05, 0) is 25.1 Å². The van der Waals surface area contributed by atoms with Gasteiger partial charge in [-0.2, -0.15) is 0 Å². The zero-order valence-electron chi connectivity index (χ0n) is 11.0. The summed E-state index contributed by atoms with van der Waals surface area (Å²) in [5, 5.41) is 8.61. The molecule has 0 saturated carbocycles. The second kappa shape index (κ2) is 9.90. The molecule has 0 atom stereocenters. The van der Waals surface area contributed by atoms with Crippen molar-refractivity contribution in [1.82, 2.24) is 4.90 Å². The summed E-state index contributed by atoms with van der Waals surface area (Å²) >= 11 is 0. The second-order valence-corrected chi connectivity index (χ2v) is 3.50. The van der Waals surface area contributed by atoms with Gasteiger partial charge >= 0.3 is 5.97 Å². The molecule has 0 bridgehead atoms. The predicted octanol–water partition coefficient (Wildman–Crippen LogP) is 2.99. The Morgan fingerprint density at radius 2 is 2.12 bits per heavy atom. The molecule has 1 aromatic rings. The first-order valence-electron chi connectivity index (χ1n) is 6.19. The van der Waals surface area contributed by atoms with Crippen molar-refractivity contribution < 1.29 is 14.3 Å². The van der Waals surface area contributed by atoms with E-state index in [0.29, 0.717) is 13.1 Å². The van der Waals surface area contributed by atoms with Crippen LogP contribution in [0.25, 0.3) is 0 Å². The van der Waals surface area contributed by atoms with Crippen LogP contribution >= 0.6 is 0 Å². The van der Waals surface area contributed by atoms with Crippen molar-refractivity contribution in [3.63, 3.8) is 0 Å². The largest absolute Gasteiger partial charge is 0.481 e. The van der Waals surface area contributed by atoms with Gasteiger partial charge in [0, 0.05) is 6.54 Å². The van der Waals surface area contributed by atoms with Crippen molar-refractivity contribution in [2.24, 2.45) is 0 Å². The molecule has 0 radical (unpaired) electrons. The Bertz CT molecular complexity index is 283. The van der Waals surface area contributed by atoms with Crippen LogP contribution in [0, 0.1) is 0 Å². The van der Waals surface area contributed by atoms with E-state index < -0.39 is 5.97 Å². The van der Waals surface area contributed by atoms with E-state index in [1.807, 2.05) is 26.0 Å². The fraction of sp³-hybridized carbons (Fsp3) is 0.615. The van der Waals surface area contributed by atoms with E-state index in [9.17, 15) is 4.79 Å². The van der Waals surface area contributed by atoms with Crippen LogP contribution in [0.1, 0.15) is 39.4 Å². The highest BCUT2D eigenvalue weighted by molar-refractivity contribution is 5.66. The van der Waals surface area contributed by atoms with E-state index in [1.54, 1.807) is 6.26 Å². The summed E-state index contributed by atoms with van der Waals surface area (Å²) in [7, 11) is 0. The number of carbonyl (C=O) groups is 1. The Balaban J connectivity index is 0.00000121. The summed E-state index contributed by atoms with van der Waals surface area (Å²) in [4.78, 5) is 12.6. The van der Waals surface area contributed by atoms with Crippen LogP contribution in [0.2, 0.25) is 0 Å². The maximum atomic E-state index is 10.5. The molecule has 17 heavy (non-hydrogen) atoms. The van der Waals surface area contributed by atoms with Gasteiger partial charge in [-0.1, -0.05) is 20.8 Å². The van der Waals surface area contributed by atoms with E-state index in [-0.39, 0.29) is 6.42 Å². The third-order valence-electron chi connectivity index (χ3n) is 2.14. The van der Waals surface area contributed by atoms with Crippen molar-refractivity contribution in [2.45, 2.75) is 40.2 Å². The summed E-state index contributed by atoms with van der Waals surface area (Å²) in [5.74, 6) is 0.129. The van der Waals surface area contributed by atoms with E-state index >= 15 is 0 Å². The van der Waals surface area contributed by atoms with Crippen LogP contribution in [-0.2, 0) is 11.3 Å². The van der Waals surface area contributed by atoms with E-state index in [1.165, 1.54) is 0 Å². The molecular weight excluding hydrogens is 218 g/mol. The number of rotatable bonds is 7. The fourth-order valence-electron chi connectivity index (χ4n) is 1.46. The van der Waals surface area contributed by atoms with Crippen molar-refractivity contribution in [3.8, 4) is 0 Å². The first-order valence-corrected chi connectivity index (χ1v) is 6.19. The quantitative estimate of drug-likeness (QED) is 0.797. The summed E-state index contributed by atoms with van der Waals surface area (Å²) in [6, 6.07) is 3.75. The molecule has 1 aromatic heterocycles. The Kier molecular flexibility index (Phi) is 9.15. The first-order chi connectivity index (χ1) is 8.22. The second-order valence-electron chi connectivity index (χ2n) is 3.50. The third kappa shape index (κ3) is 7.58. The smallest absolute Gasteiger partial charge is 0.304 e. The molecule has 1 rings (SSSR count). The van der Waals surface area contributed by atoms with Crippen LogP contribution in [0.3, 0.4) is 0 Å². The fourth-order valence-corrected chi connectivity index (χ4v) is 1.46. The Morgan fingerprint density at radius 1 is 1.41 bits per heavy atom. The van der Waals surface area contributed by atoms with Gasteiger partial charge in [0.1, 0.15) is 5.76 Å². The van der Waals surface area contributed by atoms with E-state index in [4.69, 9.17) is 9.52 Å². The lowest BCUT2D eigenvalue weighted by molar-refractivity contribution is -0.137. The minimum atomic E-state index is -0.754. The van der Waals surface area contributed by atoms with Gasteiger partial charge in [0.15, 0.2) is 0 Å². The SMILES string of the molecule is CC.CCCN(CCC(=O)O)Cc1ccco1. The normalized spacial score (nSPS) is 9.88. The molecule has 4 heteroatoms. The minimum Gasteiger partial charge on any atom is -0.481 e. The monoisotopic (exact) mass is 241 g/mol. The highest BCUT2D eigenvalue weighted by Gasteiger charge is 2.08. The lowest BCUT2D eigenvalue weighted by Crippen LogP contribution is -2.26. The van der Waals surface area contributed by atoms with Crippen LogP contribution in [-0.4, -0.2) is 29.1 Å². The molecule has 4 nitrogen and oxygen atoms in total. The van der Waals surface area contributed by atoms with Gasteiger partial charge in [0.2, 0.25) is 0 Å². The zero-order chi connectivity index (χ0) is 13.1. The van der Waals surface area contributed by atoms with Crippen molar-refractivity contribution in [2.75, 3.05) is 13.1 Å². The van der Waals surface area contributed by atoms with Gasteiger partial charge in [0.25, 0.3) is 0 Å². The Hall–Kier alpha value is -1.29. The van der Waals surface area contributed by atoms with Crippen molar-refractivity contribution in [3.05, 3.63) is 24.2 Å². The maximum absolute atomic E-state index is 10.5. The summed E-state index contributed by atoms with van der Waals surface area (Å²) in [6.45, 7) is 8.24. The Labute approximate surface area is 103 Å². The van der Waals surface area contributed by atoms with Crippen LogP contribution < -0.4 is 0 Å². The molecule has 0 fully saturated rings. The summed E-state index contributed by atoms with van der Waals surface area (Å²) in [6.07, 6.45) is 2.83. The molecule has 0 unspecified atom stereocenters. The number of hydrogen-bond donors (Lipinski definition) is 1. The van der Waals surface area contributed by atoms with Gasteiger partial charge in [0.05, 0.1) is 19.2 Å². The summed E-state index contributed by atoms with van der Waals surface area (Å²) < 4.78 is 5.23. The highest BCUT2D eigenvalue weighted by atomic mass is 16.4. The molecule has 0 aliphatic heterocycles.